The average molecular weight is 337 g/mol. The van der Waals surface area contributed by atoms with Crippen LogP contribution in [0.5, 0.6) is 0 Å². The number of hydrogen-bond donors (Lipinski definition) is 2. The van der Waals surface area contributed by atoms with Gasteiger partial charge in [0.1, 0.15) is 5.60 Å². The molecule has 7 heteroatoms. The molecule has 0 atom stereocenters. The normalized spacial score (nSPS) is 15.1. The fraction of sp³-hybridized carbons (Fsp3) is 0.647. The lowest BCUT2D eigenvalue weighted by Gasteiger charge is -2.36. The summed E-state index contributed by atoms with van der Waals surface area (Å²) in [5.41, 5.74) is 0.581. The summed E-state index contributed by atoms with van der Waals surface area (Å²) in [6.45, 7) is 12.7. The molecule has 2 rings (SSSR count). The van der Waals surface area contributed by atoms with E-state index in [4.69, 9.17) is 4.74 Å². The molecule has 0 spiro atoms. The van der Waals surface area contributed by atoms with Gasteiger partial charge in [0.15, 0.2) is 5.82 Å². The number of nitrogens with one attached hydrogen (secondary N) is 1. The third-order valence-corrected chi connectivity index (χ3v) is 3.46. The first-order chi connectivity index (χ1) is 10.8. The molecular formula is C17H31N5O2. The standard InChI is InChI=1S/C17H28N4O2.H3N/c1-13(2)19-14-7-6-8-18-15(14)20-9-11-21(12-10-20)16(22)23-17(3,4)5;/h6-8,13,19H,9-12H2,1-5H3;1H3. The number of ether oxygens (including phenoxy) is 1. The van der Waals surface area contributed by atoms with Crippen LogP contribution in [0.15, 0.2) is 18.3 Å². The van der Waals surface area contributed by atoms with Crippen molar-refractivity contribution in [2.45, 2.75) is 46.3 Å². The SMILES string of the molecule is CC(C)Nc1cccnc1N1CCN(C(=O)OC(C)(C)C)CC1.N. The van der Waals surface area contributed by atoms with Crippen LogP contribution in [0.1, 0.15) is 34.6 Å². The number of nitrogens with zero attached hydrogens (tertiary/aromatic N) is 3. The van der Waals surface area contributed by atoms with Gasteiger partial charge in [-0.05, 0) is 46.8 Å². The minimum absolute atomic E-state index is 0. The molecule has 1 aliphatic rings. The van der Waals surface area contributed by atoms with Crippen molar-refractivity contribution in [3.8, 4) is 0 Å². The maximum absolute atomic E-state index is 12.1. The molecule has 7 nitrogen and oxygen atoms in total. The molecule has 1 aromatic rings. The molecule has 2 heterocycles. The number of aromatic nitrogens is 1. The molecule has 24 heavy (non-hydrogen) atoms. The highest BCUT2D eigenvalue weighted by molar-refractivity contribution is 5.70. The van der Waals surface area contributed by atoms with Gasteiger partial charge >= 0.3 is 6.09 Å². The first-order valence-electron chi connectivity index (χ1n) is 8.21. The Kier molecular flexibility index (Phi) is 6.83. The van der Waals surface area contributed by atoms with E-state index < -0.39 is 5.60 Å². The van der Waals surface area contributed by atoms with Gasteiger partial charge < -0.3 is 26.0 Å². The Labute approximate surface area is 145 Å². The summed E-state index contributed by atoms with van der Waals surface area (Å²) in [5, 5.41) is 3.43. The molecule has 1 fully saturated rings. The Morgan fingerprint density at radius 1 is 1.25 bits per heavy atom. The summed E-state index contributed by atoms with van der Waals surface area (Å²) in [4.78, 5) is 20.6. The quantitative estimate of drug-likeness (QED) is 0.880. The van der Waals surface area contributed by atoms with Crippen molar-refractivity contribution in [3.63, 3.8) is 0 Å². The van der Waals surface area contributed by atoms with Crippen LogP contribution in [0.3, 0.4) is 0 Å². The largest absolute Gasteiger partial charge is 0.444 e. The van der Waals surface area contributed by atoms with Gasteiger partial charge in [-0.25, -0.2) is 9.78 Å². The first-order valence-corrected chi connectivity index (χ1v) is 8.21. The second kappa shape index (κ2) is 8.19. The Hall–Kier alpha value is -2.02. The number of amides is 1. The molecule has 136 valence electrons. The molecule has 1 saturated heterocycles. The highest BCUT2D eigenvalue weighted by atomic mass is 16.6. The van der Waals surface area contributed by atoms with Crippen LogP contribution in [0.2, 0.25) is 0 Å². The predicted molar refractivity (Wildman–Crippen MR) is 98.0 cm³/mol. The molecule has 0 radical (unpaired) electrons. The van der Waals surface area contributed by atoms with E-state index in [1.54, 1.807) is 11.1 Å². The van der Waals surface area contributed by atoms with Gasteiger partial charge in [0.25, 0.3) is 0 Å². The molecule has 0 aromatic carbocycles. The number of piperazine rings is 1. The molecule has 0 aliphatic carbocycles. The second-order valence-electron chi connectivity index (χ2n) is 7.13. The maximum Gasteiger partial charge on any atom is 0.410 e. The van der Waals surface area contributed by atoms with Crippen molar-refractivity contribution in [3.05, 3.63) is 18.3 Å². The summed E-state index contributed by atoms with van der Waals surface area (Å²) < 4.78 is 5.43. The van der Waals surface area contributed by atoms with E-state index in [9.17, 15) is 4.79 Å². The number of anilines is 2. The van der Waals surface area contributed by atoms with Crippen LogP contribution in [0.4, 0.5) is 16.3 Å². The number of carbonyl (C=O) groups is 1. The van der Waals surface area contributed by atoms with Gasteiger partial charge in [0, 0.05) is 38.4 Å². The van der Waals surface area contributed by atoms with Gasteiger partial charge in [-0.1, -0.05) is 0 Å². The van der Waals surface area contributed by atoms with Crippen LogP contribution in [-0.4, -0.2) is 53.8 Å². The average Bonchev–Trinajstić information content (AvgIpc) is 2.45. The van der Waals surface area contributed by atoms with Gasteiger partial charge in [0.05, 0.1) is 5.69 Å². The van der Waals surface area contributed by atoms with Crippen molar-refractivity contribution < 1.29 is 9.53 Å². The van der Waals surface area contributed by atoms with Gasteiger partial charge in [-0.3, -0.25) is 0 Å². The molecule has 0 unspecified atom stereocenters. The number of carbonyl (C=O) groups excluding carboxylic acids is 1. The van der Waals surface area contributed by atoms with E-state index in [2.05, 4.69) is 29.0 Å². The van der Waals surface area contributed by atoms with E-state index in [1.165, 1.54) is 0 Å². The van der Waals surface area contributed by atoms with E-state index in [0.717, 1.165) is 24.6 Å². The summed E-state index contributed by atoms with van der Waals surface area (Å²) in [5.74, 6) is 0.949. The molecule has 0 bridgehead atoms. The van der Waals surface area contributed by atoms with Crippen molar-refractivity contribution in [1.82, 2.24) is 16.0 Å². The van der Waals surface area contributed by atoms with Gasteiger partial charge in [-0.2, -0.15) is 0 Å². The van der Waals surface area contributed by atoms with E-state index in [0.29, 0.717) is 19.1 Å². The van der Waals surface area contributed by atoms with Crippen LogP contribution in [0, 0.1) is 0 Å². The van der Waals surface area contributed by atoms with E-state index in [1.807, 2.05) is 32.9 Å². The van der Waals surface area contributed by atoms with Crippen LogP contribution in [-0.2, 0) is 4.74 Å². The summed E-state index contributed by atoms with van der Waals surface area (Å²) >= 11 is 0. The highest BCUT2D eigenvalue weighted by Crippen LogP contribution is 2.24. The Morgan fingerprint density at radius 3 is 2.42 bits per heavy atom. The Morgan fingerprint density at radius 2 is 1.88 bits per heavy atom. The summed E-state index contributed by atoms with van der Waals surface area (Å²) in [7, 11) is 0. The minimum atomic E-state index is -0.455. The van der Waals surface area contributed by atoms with Crippen LogP contribution < -0.4 is 16.4 Å². The Balaban J connectivity index is 0.00000288. The van der Waals surface area contributed by atoms with Crippen molar-refractivity contribution in [1.29, 1.82) is 0 Å². The lowest BCUT2D eigenvalue weighted by atomic mass is 10.2. The zero-order chi connectivity index (χ0) is 17.0. The van der Waals surface area contributed by atoms with Gasteiger partial charge in [-0.15, -0.1) is 0 Å². The molecule has 1 aliphatic heterocycles. The minimum Gasteiger partial charge on any atom is -0.444 e. The predicted octanol–water partition coefficient (Wildman–Crippen LogP) is 3.12. The lowest BCUT2D eigenvalue weighted by Crippen LogP contribution is -2.50. The fourth-order valence-electron chi connectivity index (χ4n) is 2.50. The number of hydrogen-bond acceptors (Lipinski definition) is 6. The topological polar surface area (TPSA) is 92.7 Å². The maximum atomic E-state index is 12.1. The van der Waals surface area contributed by atoms with Crippen molar-refractivity contribution >= 4 is 17.6 Å². The van der Waals surface area contributed by atoms with Crippen LogP contribution in [0.25, 0.3) is 0 Å². The lowest BCUT2D eigenvalue weighted by molar-refractivity contribution is 0.0240. The molecular weight excluding hydrogens is 306 g/mol. The van der Waals surface area contributed by atoms with E-state index >= 15 is 0 Å². The Bertz CT molecular complexity index is 534. The molecule has 1 aromatic heterocycles. The monoisotopic (exact) mass is 337 g/mol. The van der Waals surface area contributed by atoms with Crippen molar-refractivity contribution in [2.75, 3.05) is 36.4 Å². The zero-order valence-corrected chi connectivity index (χ0v) is 15.5. The number of rotatable bonds is 3. The molecule has 1 amide bonds. The van der Waals surface area contributed by atoms with E-state index in [-0.39, 0.29) is 12.2 Å². The van der Waals surface area contributed by atoms with Crippen LogP contribution >= 0.6 is 0 Å². The first kappa shape index (κ1) is 20.0. The van der Waals surface area contributed by atoms with Crippen molar-refractivity contribution in [2.24, 2.45) is 0 Å². The second-order valence-corrected chi connectivity index (χ2v) is 7.13. The highest BCUT2D eigenvalue weighted by Gasteiger charge is 2.27. The fourth-order valence-corrected chi connectivity index (χ4v) is 2.50. The third-order valence-electron chi connectivity index (χ3n) is 3.46. The summed E-state index contributed by atoms with van der Waals surface area (Å²) in [6.07, 6.45) is 1.57. The number of pyridine rings is 1. The smallest absolute Gasteiger partial charge is 0.410 e. The molecule has 0 saturated carbocycles. The third kappa shape index (κ3) is 5.56. The zero-order valence-electron chi connectivity index (χ0n) is 15.5. The molecule has 4 N–H and O–H groups in total. The summed E-state index contributed by atoms with van der Waals surface area (Å²) in [6, 6.07) is 4.33. The van der Waals surface area contributed by atoms with Gasteiger partial charge in [0.2, 0.25) is 0 Å².